The predicted octanol–water partition coefficient (Wildman–Crippen LogP) is -0.733. The Morgan fingerprint density at radius 3 is 3.33 bits per heavy atom. The van der Waals surface area contributed by atoms with Crippen LogP contribution in [0.1, 0.15) is 0 Å². The molecule has 1 aromatic heterocycles. The number of rotatable bonds is 2. The normalized spacial score (nSPS) is 24.2. The van der Waals surface area contributed by atoms with E-state index < -0.39 is 0 Å². The first-order valence-electron chi connectivity index (χ1n) is 4.11. The molecule has 66 valence electrons. The summed E-state index contributed by atoms with van der Waals surface area (Å²) in [7, 11) is 0. The van der Waals surface area contributed by atoms with Gasteiger partial charge in [-0.3, -0.25) is 0 Å². The molecule has 0 bridgehead atoms. The largest absolute Gasteiger partial charge is 0.374 e. The Kier molecular flexibility index (Phi) is 2.33. The maximum absolute atomic E-state index is 5.50. The molecule has 0 aliphatic carbocycles. The van der Waals surface area contributed by atoms with Crippen molar-refractivity contribution in [3.8, 4) is 0 Å². The number of ether oxygens (including phenoxy) is 1. The van der Waals surface area contributed by atoms with Crippen molar-refractivity contribution in [1.29, 1.82) is 0 Å². The van der Waals surface area contributed by atoms with Crippen molar-refractivity contribution >= 4 is 0 Å². The highest BCUT2D eigenvalue weighted by molar-refractivity contribution is 4.70. The number of hydrogen-bond donors (Lipinski definition) is 1. The first-order chi connectivity index (χ1) is 5.95. The zero-order chi connectivity index (χ0) is 8.23. The smallest absolute Gasteiger partial charge is 0.0896 e. The van der Waals surface area contributed by atoms with Gasteiger partial charge in [0.2, 0.25) is 0 Å². The third-order valence-corrected chi connectivity index (χ3v) is 1.87. The summed E-state index contributed by atoms with van der Waals surface area (Å²) >= 11 is 0. The molecule has 1 atom stereocenters. The maximum Gasteiger partial charge on any atom is 0.0896 e. The summed E-state index contributed by atoms with van der Waals surface area (Å²) in [6.07, 6.45) is 3.76. The molecule has 0 saturated carbocycles. The van der Waals surface area contributed by atoms with E-state index in [1.54, 1.807) is 10.9 Å². The van der Waals surface area contributed by atoms with Crippen LogP contribution >= 0.6 is 0 Å². The van der Waals surface area contributed by atoms with Crippen molar-refractivity contribution in [2.45, 2.75) is 12.6 Å². The minimum atomic E-state index is 0.237. The highest BCUT2D eigenvalue weighted by atomic mass is 16.5. The van der Waals surface area contributed by atoms with Crippen LogP contribution in [0.15, 0.2) is 12.4 Å². The summed E-state index contributed by atoms with van der Waals surface area (Å²) in [6.45, 7) is 3.43. The van der Waals surface area contributed by atoms with Gasteiger partial charge in [0.25, 0.3) is 0 Å². The van der Waals surface area contributed by atoms with Crippen LogP contribution in [-0.4, -0.2) is 40.8 Å². The van der Waals surface area contributed by atoms with Gasteiger partial charge in [0, 0.05) is 19.3 Å². The molecule has 1 fully saturated rings. The fourth-order valence-electron chi connectivity index (χ4n) is 1.28. The zero-order valence-electron chi connectivity index (χ0n) is 6.81. The summed E-state index contributed by atoms with van der Waals surface area (Å²) < 4.78 is 7.29. The fraction of sp³-hybridized carbons (Fsp3) is 0.714. The Morgan fingerprint density at radius 2 is 2.67 bits per heavy atom. The van der Waals surface area contributed by atoms with E-state index in [4.69, 9.17) is 4.74 Å². The quantitative estimate of drug-likeness (QED) is 0.632. The Morgan fingerprint density at radius 1 is 1.67 bits per heavy atom. The second kappa shape index (κ2) is 3.64. The van der Waals surface area contributed by atoms with Gasteiger partial charge in [0.05, 0.1) is 25.5 Å². The molecule has 0 amide bonds. The molecule has 0 spiro atoms. The molecule has 1 aliphatic heterocycles. The average Bonchev–Trinajstić information content (AvgIpc) is 2.59. The minimum absolute atomic E-state index is 0.237. The van der Waals surface area contributed by atoms with Gasteiger partial charge in [-0.25, -0.2) is 4.68 Å². The molecule has 2 heterocycles. The standard InChI is InChI=1S/C7H12N4O/c1-3-11(10-9-1)6-7-5-8-2-4-12-7/h1,3,7-8H,2,4-6H2/t7-/m1/s1. The van der Waals surface area contributed by atoms with Crippen LogP contribution < -0.4 is 5.32 Å². The van der Waals surface area contributed by atoms with E-state index in [0.29, 0.717) is 0 Å². The van der Waals surface area contributed by atoms with Crippen LogP contribution in [0.2, 0.25) is 0 Å². The number of nitrogens with one attached hydrogen (secondary N) is 1. The van der Waals surface area contributed by atoms with E-state index in [-0.39, 0.29) is 6.10 Å². The van der Waals surface area contributed by atoms with Crippen LogP contribution in [0, 0.1) is 0 Å². The van der Waals surface area contributed by atoms with E-state index in [0.717, 1.165) is 26.2 Å². The monoisotopic (exact) mass is 168 g/mol. The van der Waals surface area contributed by atoms with Crippen LogP contribution in [0.3, 0.4) is 0 Å². The van der Waals surface area contributed by atoms with Gasteiger partial charge in [0.1, 0.15) is 0 Å². The average molecular weight is 168 g/mol. The number of morpholine rings is 1. The summed E-state index contributed by atoms with van der Waals surface area (Å²) in [4.78, 5) is 0. The maximum atomic E-state index is 5.50. The minimum Gasteiger partial charge on any atom is -0.374 e. The predicted molar refractivity (Wildman–Crippen MR) is 42.6 cm³/mol. The molecule has 12 heavy (non-hydrogen) atoms. The molecular weight excluding hydrogens is 156 g/mol. The van der Waals surface area contributed by atoms with Crippen LogP contribution in [0.4, 0.5) is 0 Å². The van der Waals surface area contributed by atoms with Crippen molar-refractivity contribution < 1.29 is 4.74 Å². The van der Waals surface area contributed by atoms with Gasteiger partial charge in [-0.1, -0.05) is 5.21 Å². The highest BCUT2D eigenvalue weighted by Gasteiger charge is 2.13. The molecule has 2 rings (SSSR count). The first-order valence-corrected chi connectivity index (χ1v) is 4.11. The van der Waals surface area contributed by atoms with Gasteiger partial charge in [-0.15, -0.1) is 5.10 Å². The van der Waals surface area contributed by atoms with Crippen molar-refractivity contribution in [3.05, 3.63) is 12.4 Å². The summed E-state index contributed by atoms with van der Waals surface area (Å²) in [5, 5.41) is 10.9. The lowest BCUT2D eigenvalue weighted by molar-refractivity contribution is 0.0158. The first kappa shape index (κ1) is 7.70. The van der Waals surface area contributed by atoms with E-state index >= 15 is 0 Å². The molecule has 1 N–H and O–H groups in total. The molecule has 0 aromatic carbocycles. The zero-order valence-corrected chi connectivity index (χ0v) is 6.81. The summed E-state index contributed by atoms with van der Waals surface area (Å²) in [5.74, 6) is 0. The lowest BCUT2D eigenvalue weighted by atomic mass is 10.3. The third kappa shape index (κ3) is 1.80. The number of hydrogen-bond acceptors (Lipinski definition) is 4. The van der Waals surface area contributed by atoms with Crippen LogP contribution in [-0.2, 0) is 11.3 Å². The van der Waals surface area contributed by atoms with Crippen molar-refractivity contribution in [3.63, 3.8) is 0 Å². The van der Waals surface area contributed by atoms with E-state index in [1.165, 1.54) is 0 Å². The Balaban J connectivity index is 1.86. The second-order valence-corrected chi connectivity index (χ2v) is 2.82. The van der Waals surface area contributed by atoms with E-state index in [2.05, 4.69) is 15.6 Å². The fourth-order valence-corrected chi connectivity index (χ4v) is 1.28. The second-order valence-electron chi connectivity index (χ2n) is 2.82. The third-order valence-electron chi connectivity index (χ3n) is 1.87. The molecule has 1 aromatic rings. The molecular formula is C7H12N4O. The van der Waals surface area contributed by atoms with E-state index in [1.807, 2.05) is 6.20 Å². The molecule has 5 nitrogen and oxygen atoms in total. The Bertz CT molecular complexity index is 217. The molecule has 0 unspecified atom stereocenters. The van der Waals surface area contributed by atoms with Crippen LogP contribution in [0.25, 0.3) is 0 Å². The highest BCUT2D eigenvalue weighted by Crippen LogP contribution is 1.98. The van der Waals surface area contributed by atoms with Gasteiger partial charge in [0.15, 0.2) is 0 Å². The lowest BCUT2D eigenvalue weighted by Gasteiger charge is -2.23. The van der Waals surface area contributed by atoms with Crippen molar-refractivity contribution in [2.24, 2.45) is 0 Å². The van der Waals surface area contributed by atoms with Crippen LogP contribution in [0.5, 0.6) is 0 Å². The van der Waals surface area contributed by atoms with E-state index in [9.17, 15) is 0 Å². The topological polar surface area (TPSA) is 52.0 Å². The molecule has 0 radical (unpaired) electrons. The molecule has 1 aliphatic rings. The molecule has 5 heteroatoms. The molecule has 1 saturated heterocycles. The summed E-state index contributed by atoms with van der Waals surface area (Å²) in [6, 6.07) is 0. The van der Waals surface area contributed by atoms with Crippen molar-refractivity contribution in [2.75, 3.05) is 19.7 Å². The van der Waals surface area contributed by atoms with Gasteiger partial charge in [-0.05, 0) is 0 Å². The van der Waals surface area contributed by atoms with Crippen molar-refractivity contribution in [1.82, 2.24) is 20.3 Å². The summed E-state index contributed by atoms with van der Waals surface area (Å²) in [5.41, 5.74) is 0. The lowest BCUT2D eigenvalue weighted by Crippen LogP contribution is -2.40. The SMILES string of the molecule is c1cn(C[C@H]2CNCCO2)nn1. The van der Waals surface area contributed by atoms with Gasteiger partial charge in [-0.2, -0.15) is 0 Å². The van der Waals surface area contributed by atoms with Gasteiger partial charge >= 0.3 is 0 Å². The Labute approximate surface area is 70.7 Å². The number of aromatic nitrogens is 3. The van der Waals surface area contributed by atoms with Gasteiger partial charge < -0.3 is 10.1 Å². The Hall–Kier alpha value is -0.940. The number of nitrogens with zero attached hydrogens (tertiary/aromatic N) is 3.